The highest BCUT2D eigenvalue weighted by Crippen LogP contribution is 2.57. The summed E-state index contributed by atoms with van der Waals surface area (Å²) in [5.74, 6) is -1.09. The van der Waals surface area contributed by atoms with Crippen molar-refractivity contribution in [1.82, 2.24) is 14.6 Å². The van der Waals surface area contributed by atoms with Crippen LogP contribution in [0, 0.1) is 29.1 Å². The highest BCUT2D eigenvalue weighted by atomic mass is 32.2. The van der Waals surface area contributed by atoms with Crippen molar-refractivity contribution < 1.29 is 41.8 Å². The summed E-state index contributed by atoms with van der Waals surface area (Å²) in [6, 6.07) is 6.77. The number of nitrogens with zero attached hydrogens (tertiary/aromatic N) is 2. The van der Waals surface area contributed by atoms with Crippen LogP contribution in [0.3, 0.4) is 0 Å². The number of esters is 1. The molecule has 1 unspecified atom stereocenters. The lowest BCUT2D eigenvalue weighted by atomic mass is 9.86. The number of fused-ring (bicyclic) bond motifs is 5. The first kappa shape index (κ1) is 39.8. The molecule has 1 aromatic carbocycles. The van der Waals surface area contributed by atoms with Crippen molar-refractivity contribution in [3.05, 3.63) is 42.6 Å². The number of rotatable bonds is 9. The van der Waals surface area contributed by atoms with Gasteiger partial charge in [-0.05, 0) is 113 Å². The Morgan fingerprint density at radius 1 is 0.982 bits per heavy atom. The van der Waals surface area contributed by atoms with Crippen molar-refractivity contribution in [2.75, 3.05) is 13.7 Å². The standard InChI is InChI=1S/C44H57N3O9S/c1-3-30-24-44(30,43(51)46-57(52,53)33-17-18-33)25-38(48)37-22-32-26-47(37)42(50)34(27-10-7-8-11-27)23-41(49)56-39-15-9-13-28(39)12-5-4-6-14-36-40(55-32)21-29-20-31(54-2)16-19-35(29)45-36/h3,16,19-21,27-28,30,32-34,37,39H,1,4-15,17-18,22-26H2,2H3,(H,46,51)/t28-,30-,32-,34+,37+,39?,44-/m1/s1. The van der Waals surface area contributed by atoms with Gasteiger partial charge in [0.1, 0.15) is 23.7 Å². The van der Waals surface area contributed by atoms with E-state index in [1.165, 1.54) is 0 Å². The summed E-state index contributed by atoms with van der Waals surface area (Å²) in [5, 5.41) is 0.253. The summed E-state index contributed by atoms with van der Waals surface area (Å²) < 4.78 is 46.4. The third-order valence-corrected chi connectivity index (χ3v) is 15.7. The van der Waals surface area contributed by atoms with Gasteiger partial charge in [-0.3, -0.25) is 23.9 Å². The summed E-state index contributed by atoms with van der Waals surface area (Å²) in [6.07, 6.45) is 13.1. The predicted molar refractivity (Wildman–Crippen MR) is 213 cm³/mol. The first-order chi connectivity index (χ1) is 27.5. The van der Waals surface area contributed by atoms with Crippen LogP contribution in [0.2, 0.25) is 0 Å². The molecule has 7 atom stereocenters. The molecule has 1 aromatic heterocycles. The molecule has 0 radical (unpaired) electrons. The minimum atomic E-state index is -3.84. The first-order valence-electron chi connectivity index (χ1n) is 21.3. The molecule has 5 fully saturated rings. The molecule has 4 saturated carbocycles. The third kappa shape index (κ3) is 8.45. The van der Waals surface area contributed by atoms with E-state index in [-0.39, 0.29) is 61.4 Å². The molecular weight excluding hydrogens is 747 g/mol. The number of hydrogen-bond donors (Lipinski definition) is 1. The fourth-order valence-corrected chi connectivity index (χ4v) is 11.7. The molecule has 2 aromatic rings. The van der Waals surface area contributed by atoms with Gasteiger partial charge in [-0.1, -0.05) is 31.8 Å². The maximum atomic E-state index is 15.0. The molecular formula is C44H57N3O9S. The lowest BCUT2D eigenvalue weighted by molar-refractivity contribution is -0.156. The molecule has 2 aliphatic heterocycles. The third-order valence-electron chi connectivity index (χ3n) is 13.9. The number of aromatic nitrogens is 1. The van der Waals surface area contributed by atoms with Gasteiger partial charge >= 0.3 is 5.97 Å². The Balaban J connectivity index is 1.13. The van der Waals surface area contributed by atoms with Crippen LogP contribution in [-0.2, 0) is 40.4 Å². The van der Waals surface area contributed by atoms with Crippen LogP contribution >= 0.6 is 0 Å². The van der Waals surface area contributed by atoms with E-state index in [2.05, 4.69) is 11.3 Å². The fraction of sp³-hybridized carbons (Fsp3) is 0.659. The van der Waals surface area contributed by atoms with Crippen LogP contribution in [0.25, 0.3) is 10.9 Å². The molecule has 8 rings (SSSR count). The van der Waals surface area contributed by atoms with Gasteiger partial charge in [0.15, 0.2) is 5.78 Å². The molecule has 308 valence electrons. The SMILES string of the molecule is C=C[C@@H]1C[C@]1(CC(=O)[C@@H]1C[C@@H]2CN1C(=O)[C@H](C1CCCC1)CC(=O)OC1CCC[C@H]1CCCCCc1nc3ccc(OC)cc3cc1O2)C(=O)NS(=O)(=O)C1CC1. The molecule has 0 spiro atoms. The molecule has 4 aliphatic carbocycles. The molecule has 6 aliphatic rings. The molecule has 12 nitrogen and oxygen atoms in total. The monoisotopic (exact) mass is 803 g/mol. The van der Waals surface area contributed by atoms with E-state index in [0.29, 0.717) is 43.1 Å². The van der Waals surface area contributed by atoms with Gasteiger partial charge in [0.25, 0.3) is 0 Å². The number of Topliss-reactive ketones (excluding diaryl/α,β-unsaturated/α-hetero) is 1. The normalized spacial score (nSPS) is 31.4. The predicted octanol–water partition coefficient (Wildman–Crippen LogP) is 6.38. The molecule has 13 heteroatoms. The van der Waals surface area contributed by atoms with E-state index < -0.39 is 44.7 Å². The lowest BCUT2D eigenvalue weighted by Gasteiger charge is -2.31. The second-order valence-corrected chi connectivity index (χ2v) is 19.6. The number of aryl methyl sites for hydroxylation is 1. The molecule has 57 heavy (non-hydrogen) atoms. The highest BCUT2D eigenvalue weighted by Gasteiger charge is 2.61. The van der Waals surface area contributed by atoms with Crippen LogP contribution in [0.4, 0.5) is 0 Å². The highest BCUT2D eigenvalue weighted by molar-refractivity contribution is 7.90. The van der Waals surface area contributed by atoms with Crippen molar-refractivity contribution in [3.63, 3.8) is 0 Å². The Kier molecular flexibility index (Phi) is 11.4. The van der Waals surface area contributed by atoms with Gasteiger partial charge in [0.2, 0.25) is 21.8 Å². The number of pyridine rings is 1. The first-order valence-corrected chi connectivity index (χ1v) is 22.9. The topological polar surface area (TPSA) is 158 Å². The molecule has 2 amide bonds. The van der Waals surface area contributed by atoms with Gasteiger partial charge < -0.3 is 19.1 Å². The van der Waals surface area contributed by atoms with Crippen molar-refractivity contribution in [1.29, 1.82) is 0 Å². The second kappa shape index (κ2) is 16.3. The van der Waals surface area contributed by atoms with E-state index in [9.17, 15) is 27.6 Å². The van der Waals surface area contributed by atoms with E-state index in [1.807, 2.05) is 24.3 Å². The van der Waals surface area contributed by atoms with Gasteiger partial charge in [-0.2, -0.15) is 0 Å². The molecule has 1 N–H and O–H groups in total. The van der Waals surface area contributed by atoms with E-state index in [1.54, 1.807) is 18.1 Å². The average molecular weight is 804 g/mol. The van der Waals surface area contributed by atoms with Crippen molar-refractivity contribution in [2.45, 2.75) is 139 Å². The Morgan fingerprint density at radius 3 is 2.47 bits per heavy atom. The van der Waals surface area contributed by atoms with Gasteiger partial charge in [0, 0.05) is 18.2 Å². The van der Waals surface area contributed by atoms with Crippen LogP contribution in [0.15, 0.2) is 36.9 Å². The Morgan fingerprint density at radius 2 is 1.74 bits per heavy atom. The summed E-state index contributed by atoms with van der Waals surface area (Å²) in [4.78, 5) is 63.7. The number of ketones is 1. The zero-order valence-electron chi connectivity index (χ0n) is 33.1. The Hall–Kier alpha value is -4.00. The molecule has 1 saturated heterocycles. The maximum Gasteiger partial charge on any atom is 0.306 e. The zero-order chi connectivity index (χ0) is 39.9. The smallest absolute Gasteiger partial charge is 0.306 e. The van der Waals surface area contributed by atoms with E-state index in [0.717, 1.165) is 87.2 Å². The number of amides is 2. The van der Waals surface area contributed by atoms with Gasteiger partial charge in [-0.15, -0.1) is 6.58 Å². The molecule has 2 bridgehead atoms. The Labute approximate surface area is 335 Å². The quantitative estimate of drug-likeness (QED) is 0.223. The van der Waals surface area contributed by atoms with Gasteiger partial charge in [-0.25, -0.2) is 13.4 Å². The van der Waals surface area contributed by atoms with Gasteiger partial charge in [0.05, 0.1) is 53.9 Å². The van der Waals surface area contributed by atoms with Crippen LogP contribution in [0.1, 0.15) is 115 Å². The number of sulfonamides is 1. The van der Waals surface area contributed by atoms with Crippen molar-refractivity contribution in [3.8, 4) is 11.5 Å². The van der Waals surface area contributed by atoms with E-state index >= 15 is 0 Å². The minimum Gasteiger partial charge on any atom is -0.497 e. The number of nitrogens with one attached hydrogen (secondary N) is 1. The largest absolute Gasteiger partial charge is 0.497 e. The maximum absolute atomic E-state index is 15.0. The Bertz CT molecular complexity index is 2010. The number of carbonyl (C=O) groups excluding carboxylic acids is 4. The number of ether oxygens (including phenoxy) is 3. The summed E-state index contributed by atoms with van der Waals surface area (Å²) >= 11 is 0. The summed E-state index contributed by atoms with van der Waals surface area (Å²) in [7, 11) is -2.23. The van der Waals surface area contributed by atoms with E-state index in [4.69, 9.17) is 19.2 Å². The fourth-order valence-electron chi connectivity index (χ4n) is 10.3. The lowest BCUT2D eigenvalue weighted by Crippen LogP contribution is -2.47. The van der Waals surface area contributed by atoms with Crippen LogP contribution in [-0.4, -0.2) is 79.0 Å². The second-order valence-electron chi connectivity index (χ2n) is 17.7. The summed E-state index contributed by atoms with van der Waals surface area (Å²) in [5.41, 5.74) is 0.374. The number of benzene rings is 1. The number of hydrogen-bond acceptors (Lipinski definition) is 10. The minimum absolute atomic E-state index is 0.0182. The number of allylic oxidation sites excluding steroid dienone is 1. The zero-order valence-corrected chi connectivity index (χ0v) is 33.9. The summed E-state index contributed by atoms with van der Waals surface area (Å²) in [6.45, 7) is 3.99. The number of carbonyl (C=O) groups is 4. The van der Waals surface area contributed by atoms with Crippen LogP contribution in [0.5, 0.6) is 11.5 Å². The average Bonchev–Trinajstić information content (AvgIpc) is 3.98. The molecule has 3 heterocycles. The number of methoxy groups -OCH3 is 1. The van der Waals surface area contributed by atoms with Crippen molar-refractivity contribution in [2.24, 2.45) is 29.1 Å². The van der Waals surface area contributed by atoms with Crippen molar-refractivity contribution >= 4 is 44.5 Å². The van der Waals surface area contributed by atoms with Crippen LogP contribution < -0.4 is 14.2 Å².